The Balaban J connectivity index is 4.10. The number of carbonyl (C=O) groups excluding carboxylic acids is 1. The van der Waals surface area contributed by atoms with Gasteiger partial charge in [-0.2, -0.15) is 0 Å². The first kappa shape index (κ1) is 13.4. The van der Waals surface area contributed by atoms with Crippen LogP contribution in [0, 0.1) is 11.3 Å². The second-order valence-corrected chi connectivity index (χ2v) is 5.31. The summed E-state index contributed by atoms with van der Waals surface area (Å²) in [6, 6.07) is -0.120. The molecule has 1 unspecified atom stereocenters. The molecule has 1 atom stereocenters. The van der Waals surface area contributed by atoms with E-state index in [0.717, 1.165) is 6.42 Å². The summed E-state index contributed by atoms with van der Waals surface area (Å²) in [7, 11) is 0. The summed E-state index contributed by atoms with van der Waals surface area (Å²) in [5, 5.41) is 11.9. The molecule has 0 fully saturated rings. The first-order valence-corrected chi connectivity index (χ1v) is 5.17. The van der Waals surface area contributed by atoms with Crippen molar-refractivity contribution in [2.24, 2.45) is 11.3 Å². The van der Waals surface area contributed by atoms with Crippen molar-refractivity contribution < 1.29 is 9.90 Å². The van der Waals surface area contributed by atoms with Crippen LogP contribution in [0.2, 0.25) is 0 Å². The van der Waals surface area contributed by atoms with E-state index in [-0.39, 0.29) is 29.9 Å². The third-order valence-electron chi connectivity index (χ3n) is 1.95. The lowest BCUT2D eigenvalue weighted by Crippen LogP contribution is -2.41. The summed E-state index contributed by atoms with van der Waals surface area (Å²) in [5.74, 6) is -0.0164. The average Bonchev–Trinajstić information content (AvgIpc) is 2.00. The van der Waals surface area contributed by atoms with Crippen LogP contribution < -0.4 is 5.32 Å². The minimum absolute atomic E-state index is 0.00769. The van der Waals surface area contributed by atoms with Gasteiger partial charge in [-0.1, -0.05) is 34.6 Å². The first-order valence-electron chi connectivity index (χ1n) is 5.17. The SMILES string of the molecule is CC(C)C(=O)NC(CO)CC(C)(C)C. The van der Waals surface area contributed by atoms with Crippen LogP contribution in [0.25, 0.3) is 0 Å². The molecular formula is C11H23NO2. The third kappa shape index (κ3) is 5.97. The highest BCUT2D eigenvalue weighted by atomic mass is 16.3. The van der Waals surface area contributed by atoms with Crippen LogP contribution in [0.15, 0.2) is 0 Å². The lowest BCUT2D eigenvalue weighted by atomic mass is 9.88. The molecule has 0 aromatic rings. The monoisotopic (exact) mass is 201 g/mol. The summed E-state index contributed by atoms with van der Waals surface area (Å²) in [6.07, 6.45) is 0.794. The Morgan fingerprint density at radius 2 is 1.86 bits per heavy atom. The Hall–Kier alpha value is -0.570. The van der Waals surface area contributed by atoms with Gasteiger partial charge < -0.3 is 10.4 Å². The second-order valence-electron chi connectivity index (χ2n) is 5.31. The fourth-order valence-corrected chi connectivity index (χ4v) is 1.27. The topological polar surface area (TPSA) is 49.3 Å². The van der Waals surface area contributed by atoms with Gasteiger partial charge in [0, 0.05) is 5.92 Å². The predicted octanol–water partition coefficient (Wildman–Crippen LogP) is 1.56. The molecule has 0 aromatic carbocycles. The molecule has 0 aliphatic rings. The molecular weight excluding hydrogens is 178 g/mol. The molecule has 0 rings (SSSR count). The zero-order valence-electron chi connectivity index (χ0n) is 9.92. The van der Waals surface area contributed by atoms with Gasteiger partial charge in [0.25, 0.3) is 0 Å². The number of aliphatic hydroxyl groups excluding tert-OH is 1. The maximum absolute atomic E-state index is 11.4. The number of hydrogen-bond donors (Lipinski definition) is 2. The van der Waals surface area contributed by atoms with Crippen molar-refractivity contribution in [3.05, 3.63) is 0 Å². The number of nitrogens with one attached hydrogen (secondary N) is 1. The Kier molecular flexibility index (Phi) is 5.13. The van der Waals surface area contributed by atoms with Crippen LogP contribution in [0.4, 0.5) is 0 Å². The lowest BCUT2D eigenvalue weighted by Gasteiger charge is -2.26. The van der Waals surface area contributed by atoms with Gasteiger partial charge in [-0.05, 0) is 11.8 Å². The normalized spacial score (nSPS) is 14.2. The molecule has 84 valence electrons. The van der Waals surface area contributed by atoms with E-state index < -0.39 is 0 Å². The molecule has 0 aliphatic heterocycles. The van der Waals surface area contributed by atoms with Crippen molar-refractivity contribution in [1.29, 1.82) is 0 Å². The molecule has 0 saturated heterocycles. The highest BCUT2D eigenvalue weighted by molar-refractivity contribution is 5.78. The highest BCUT2D eigenvalue weighted by Gasteiger charge is 2.20. The fraction of sp³-hybridized carbons (Fsp3) is 0.909. The molecule has 3 heteroatoms. The van der Waals surface area contributed by atoms with Crippen molar-refractivity contribution in [2.75, 3.05) is 6.61 Å². The van der Waals surface area contributed by atoms with Gasteiger partial charge in [0.15, 0.2) is 0 Å². The maximum atomic E-state index is 11.4. The van der Waals surface area contributed by atoms with Gasteiger partial charge in [0.05, 0.1) is 12.6 Å². The molecule has 0 aliphatic carbocycles. The van der Waals surface area contributed by atoms with E-state index in [2.05, 4.69) is 26.1 Å². The van der Waals surface area contributed by atoms with Crippen molar-refractivity contribution >= 4 is 5.91 Å². The van der Waals surface area contributed by atoms with Crippen molar-refractivity contribution in [3.8, 4) is 0 Å². The lowest BCUT2D eigenvalue weighted by molar-refractivity contribution is -0.125. The van der Waals surface area contributed by atoms with E-state index in [4.69, 9.17) is 5.11 Å². The molecule has 3 nitrogen and oxygen atoms in total. The number of amides is 1. The molecule has 0 radical (unpaired) electrons. The number of carbonyl (C=O) groups is 1. The predicted molar refractivity (Wildman–Crippen MR) is 57.9 cm³/mol. The van der Waals surface area contributed by atoms with Crippen LogP contribution in [0.3, 0.4) is 0 Å². The smallest absolute Gasteiger partial charge is 0.222 e. The van der Waals surface area contributed by atoms with Crippen molar-refractivity contribution in [1.82, 2.24) is 5.32 Å². The first-order chi connectivity index (χ1) is 6.26. The molecule has 14 heavy (non-hydrogen) atoms. The third-order valence-corrected chi connectivity index (χ3v) is 1.95. The average molecular weight is 201 g/mol. The zero-order chi connectivity index (χ0) is 11.4. The number of aliphatic hydroxyl groups is 1. The van der Waals surface area contributed by atoms with E-state index >= 15 is 0 Å². The molecule has 0 saturated carbocycles. The summed E-state index contributed by atoms with van der Waals surface area (Å²) in [6.45, 7) is 9.99. The van der Waals surface area contributed by atoms with Gasteiger partial charge in [-0.25, -0.2) is 0 Å². The molecule has 0 bridgehead atoms. The van der Waals surface area contributed by atoms with Gasteiger partial charge in [-0.3, -0.25) is 4.79 Å². The van der Waals surface area contributed by atoms with Crippen LogP contribution in [0.1, 0.15) is 41.0 Å². The van der Waals surface area contributed by atoms with Gasteiger partial charge in [0.2, 0.25) is 5.91 Å². The summed E-state index contributed by atoms with van der Waals surface area (Å²) in [5.41, 5.74) is 0.123. The Morgan fingerprint density at radius 1 is 1.36 bits per heavy atom. The number of hydrogen-bond acceptors (Lipinski definition) is 2. The number of rotatable bonds is 4. The summed E-state index contributed by atoms with van der Waals surface area (Å²) >= 11 is 0. The van der Waals surface area contributed by atoms with Crippen molar-refractivity contribution in [2.45, 2.75) is 47.1 Å². The fourth-order valence-electron chi connectivity index (χ4n) is 1.27. The summed E-state index contributed by atoms with van der Waals surface area (Å²) in [4.78, 5) is 11.4. The second kappa shape index (κ2) is 5.35. The Bertz CT molecular complexity index is 182. The minimum atomic E-state index is -0.120. The largest absolute Gasteiger partial charge is 0.394 e. The van der Waals surface area contributed by atoms with Crippen molar-refractivity contribution in [3.63, 3.8) is 0 Å². The minimum Gasteiger partial charge on any atom is -0.394 e. The molecule has 0 aromatic heterocycles. The maximum Gasteiger partial charge on any atom is 0.222 e. The van der Waals surface area contributed by atoms with E-state index in [1.165, 1.54) is 0 Å². The standard InChI is InChI=1S/C11H23NO2/c1-8(2)10(14)12-9(7-13)6-11(3,4)5/h8-9,13H,6-7H2,1-5H3,(H,12,14). The van der Waals surface area contributed by atoms with E-state index in [1.807, 2.05) is 13.8 Å². The molecule has 0 spiro atoms. The van der Waals surface area contributed by atoms with E-state index in [1.54, 1.807) is 0 Å². The quantitative estimate of drug-likeness (QED) is 0.725. The molecule has 0 heterocycles. The Morgan fingerprint density at radius 3 is 2.14 bits per heavy atom. The van der Waals surface area contributed by atoms with Crippen LogP contribution >= 0.6 is 0 Å². The van der Waals surface area contributed by atoms with Gasteiger partial charge in [0.1, 0.15) is 0 Å². The van der Waals surface area contributed by atoms with E-state index in [9.17, 15) is 4.79 Å². The Labute approximate surface area is 86.9 Å². The van der Waals surface area contributed by atoms with Gasteiger partial charge in [-0.15, -0.1) is 0 Å². The zero-order valence-corrected chi connectivity index (χ0v) is 9.92. The highest BCUT2D eigenvalue weighted by Crippen LogP contribution is 2.20. The molecule has 2 N–H and O–H groups in total. The van der Waals surface area contributed by atoms with Crippen LogP contribution in [0.5, 0.6) is 0 Å². The van der Waals surface area contributed by atoms with Crippen LogP contribution in [-0.4, -0.2) is 23.7 Å². The molecule has 1 amide bonds. The van der Waals surface area contributed by atoms with Crippen LogP contribution in [-0.2, 0) is 4.79 Å². The summed E-state index contributed by atoms with van der Waals surface area (Å²) < 4.78 is 0. The van der Waals surface area contributed by atoms with Gasteiger partial charge >= 0.3 is 0 Å². The van der Waals surface area contributed by atoms with E-state index in [0.29, 0.717) is 0 Å².